The van der Waals surface area contributed by atoms with E-state index >= 15 is 0 Å². The molecule has 20 heavy (non-hydrogen) atoms. The van der Waals surface area contributed by atoms with Crippen molar-refractivity contribution in [3.63, 3.8) is 0 Å². The van der Waals surface area contributed by atoms with Crippen molar-refractivity contribution in [1.82, 2.24) is 9.97 Å². The minimum atomic E-state index is 0.0181. The van der Waals surface area contributed by atoms with Gasteiger partial charge in [-0.05, 0) is 32.0 Å². The van der Waals surface area contributed by atoms with E-state index in [-0.39, 0.29) is 5.84 Å². The number of amidine groups is 1. The van der Waals surface area contributed by atoms with Crippen LogP contribution in [0.15, 0.2) is 39.5 Å². The van der Waals surface area contributed by atoms with E-state index in [4.69, 9.17) is 22.5 Å². The number of aromatic nitrogens is 2. The van der Waals surface area contributed by atoms with E-state index in [0.29, 0.717) is 21.3 Å². The molecule has 2 rings (SSSR count). The van der Waals surface area contributed by atoms with Gasteiger partial charge in [0.15, 0.2) is 5.84 Å². The number of hydrogen-bond acceptors (Lipinski definition) is 5. The molecule has 7 heteroatoms. The van der Waals surface area contributed by atoms with Crippen LogP contribution in [0.25, 0.3) is 0 Å². The number of rotatable bonds is 3. The molecule has 2 aromatic heterocycles. The summed E-state index contributed by atoms with van der Waals surface area (Å²) in [5.74, 6) is 0.0181. The van der Waals surface area contributed by atoms with Gasteiger partial charge in [0.25, 0.3) is 0 Å². The molecule has 2 aromatic rings. The molecule has 0 saturated carbocycles. The van der Waals surface area contributed by atoms with E-state index in [1.54, 1.807) is 18.3 Å². The second kappa shape index (κ2) is 6.11. The highest BCUT2D eigenvalue weighted by molar-refractivity contribution is 7.99. The highest BCUT2D eigenvalue weighted by atomic mass is 35.5. The van der Waals surface area contributed by atoms with E-state index in [2.05, 4.69) is 15.1 Å². The lowest BCUT2D eigenvalue weighted by Crippen LogP contribution is -2.17. The third-order valence-corrected chi connectivity index (χ3v) is 4.07. The highest BCUT2D eigenvalue weighted by Crippen LogP contribution is 2.34. The zero-order valence-electron chi connectivity index (χ0n) is 11.0. The fraction of sp³-hybridized carbons (Fsp3) is 0.154. The van der Waals surface area contributed by atoms with Gasteiger partial charge in [0.1, 0.15) is 5.03 Å². The molecular formula is C13H13ClN4OS. The fourth-order valence-electron chi connectivity index (χ4n) is 1.79. The van der Waals surface area contributed by atoms with Crippen LogP contribution in [0.2, 0.25) is 5.02 Å². The van der Waals surface area contributed by atoms with Crippen molar-refractivity contribution in [1.29, 1.82) is 0 Å². The van der Waals surface area contributed by atoms with Crippen LogP contribution >= 0.6 is 23.4 Å². The SMILES string of the molecule is Cc1cc(Sc2ncccc2Cl)c(/C(N)=N/O)c(C)n1. The molecule has 0 unspecified atom stereocenters. The number of nitrogens with zero attached hydrogens (tertiary/aromatic N) is 3. The van der Waals surface area contributed by atoms with Crippen LogP contribution in [-0.2, 0) is 0 Å². The summed E-state index contributed by atoms with van der Waals surface area (Å²) >= 11 is 7.47. The molecule has 0 radical (unpaired) electrons. The van der Waals surface area contributed by atoms with Crippen molar-refractivity contribution in [3.05, 3.63) is 46.4 Å². The molecule has 5 nitrogen and oxygen atoms in total. The fourth-order valence-corrected chi connectivity index (χ4v) is 3.09. The molecular weight excluding hydrogens is 296 g/mol. The Bertz CT molecular complexity index is 675. The number of oxime groups is 1. The van der Waals surface area contributed by atoms with E-state index in [0.717, 1.165) is 10.6 Å². The maximum Gasteiger partial charge on any atom is 0.173 e. The summed E-state index contributed by atoms with van der Waals surface area (Å²) in [4.78, 5) is 9.35. The Labute approximate surface area is 125 Å². The monoisotopic (exact) mass is 308 g/mol. The van der Waals surface area contributed by atoms with Gasteiger partial charge in [0.2, 0.25) is 0 Å². The zero-order valence-corrected chi connectivity index (χ0v) is 12.5. The molecule has 0 saturated heterocycles. The third-order valence-electron chi connectivity index (χ3n) is 2.59. The Hall–Kier alpha value is -1.79. The predicted octanol–water partition coefficient (Wildman–Crippen LogP) is 2.99. The largest absolute Gasteiger partial charge is 0.409 e. The Morgan fingerprint density at radius 2 is 2.20 bits per heavy atom. The molecule has 3 N–H and O–H groups in total. The van der Waals surface area contributed by atoms with Crippen LogP contribution in [-0.4, -0.2) is 21.0 Å². The number of pyridine rings is 2. The molecule has 0 aliphatic heterocycles. The first-order chi connectivity index (χ1) is 9.52. The molecule has 0 aliphatic carbocycles. The summed E-state index contributed by atoms with van der Waals surface area (Å²) in [7, 11) is 0. The first-order valence-corrected chi connectivity index (χ1v) is 6.97. The zero-order chi connectivity index (χ0) is 14.7. The van der Waals surface area contributed by atoms with Gasteiger partial charge in [-0.2, -0.15) is 0 Å². The van der Waals surface area contributed by atoms with Gasteiger partial charge in [-0.1, -0.05) is 28.5 Å². The molecule has 0 spiro atoms. The summed E-state index contributed by atoms with van der Waals surface area (Å²) in [6.45, 7) is 3.69. The van der Waals surface area contributed by atoms with Gasteiger partial charge < -0.3 is 10.9 Å². The standard InChI is InChI=1S/C13H13ClN4OS/c1-7-6-10(11(8(2)17-7)12(15)18-19)20-13-9(14)4-3-5-16-13/h3-6,19H,1-2H3,(H2,15,18). The minimum Gasteiger partial charge on any atom is -0.409 e. The summed E-state index contributed by atoms with van der Waals surface area (Å²) in [6.07, 6.45) is 1.66. The van der Waals surface area contributed by atoms with Gasteiger partial charge in [-0.25, -0.2) is 4.98 Å². The predicted molar refractivity (Wildman–Crippen MR) is 79.6 cm³/mol. The maximum atomic E-state index is 8.91. The molecule has 0 atom stereocenters. The first-order valence-electron chi connectivity index (χ1n) is 5.77. The lowest BCUT2D eigenvalue weighted by Gasteiger charge is -2.11. The van der Waals surface area contributed by atoms with Crippen molar-refractivity contribution in [3.8, 4) is 0 Å². The second-order valence-corrected chi connectivity index (χ2v) is 5.54. The smallest absolute Gasteiger partial charge is 0.173 e. The quantitative estimate of drug-likeness (QED) is 0.394. The lowest BCUT2D eigenvalue weighted by atomic mass is 10.1. The molecule has 104 valence electrons. The summed E-state index contributed by atoms with van der Waals surface area (Å²) in [5, 5.41) is 13.2. The van der Waals surface area contributed by atoms with Gasteiger partial charge >= 0.3 is 0 Å². The number of aryl methyl sites for hydroxylation is 2. The van der Waals surface area contributed by atoms with Gasteiger partial charge in [-0.15, -0.1) is 0 Å². The second-order valence-electron chi connectivity index (χ2n) is 4.10. The Morgan fingerprint density at radius 1 is 1.45 bits per heavy atom. The Balaban J connectivity index is 2.53. The van der Waals surface area contributed by atoms with Gasteiger partial charge in [-0.3, -0.25) is 4.98 Å². The topological polar surface area (TPSA) is 84.4 Å². The normalized spacial score (nSPS) is 11.7. The van der Waals surface area contributed by atoms with Crippen molar-refractivity contribution < 1.29 is 5.21 Å². The van der Waals surface area contributed by atoms with E-state index in [1.165, 1.54) is 11.8 Å². The van der Waals surface area contributed by atoms with Gasteiger partial charge in [0.05, 0.1) is 10.6 Å². The summed E-state index contributed by atoms with van der Waals surface area (Å²) < 4.78 is 0. The first kappa shape index (κ1) is 14.6. The molecule has 0 amide bonds. The lowest BCUT2D eigenvalue weighted by molar-refractivity contribution is 0.318. The van der Waals surface area contributed by atoms with E-state index in [1.807, 2.05) is 19.9 Å². The minimum absolute atomic E-state index is 0.0181. The molecule has 0 aliphatic rings. The molecule has 0 bridgehead atoms. The van der Waals surface area contributed by atoms with Crippen molar-refractivity contribution >= 4 is 29.2 Å². The van der Waals surface area contributed by atoms with Crippen LogP contribution in [0, 0.1) is 13.8 Å². The van der Waals surface area contributed by atoms with Crippen molar-refractivity contribution in [2.45, 2.75) is 23.8 Å². The van der Waals surface area contributed by atoms with Crippen LogP contribution in [0.3, 0.4) is 0 Å². The highest BCUT2D eigenvalue weighted by Gasteiger charge is 2.15. The molecule has 0 fully saturated rings. The van der Waals surface area contributed by atoms with Crippen LogP contribution in [0.5, 0.6) is 0 Å². The summed E-state index contributed by atoms with van der Waals surface area (Å²) in [5.41, 5.74) is 7.85. The average Bonchev–Trinajstić information content (AvgIpc) is 2.40. The number of hydrogen-bond donors (Lipinski definition) is 2. The maximum absolute atomic E-state index is 8.91. The van der Waals surface area contributed by atoms with Crippen LogP contribution < -0.4 is 5.73 Å². The number of nitrogens with two attached hydrogens (primary N) is 1. The van der Waals surface area contributed by atoms with Gasteiger partial charge in [0, 0.05) is 22.5 Å². The molecule has 0 aromatic carbocycles. The summed E-state index contributed by atoms with van der Waals surface area (Å²) in [6, 6.07) is 5.39. The van der Waals surface area contributed by atoms with E-state index < -0.39 is 0 Å². The third kappa shape index (κ3) is 3.02. The van der Waals surface area contributed by atoms with Crippen molar-refractivity contribution in [2.75, 3.05) is 0 Å². The number of halogens is 1. The van der Waals surface area contributed by atoms with E-state index in [9.17, 15) is 0 Å². The Kier molecular flexibility index (Phi) is 4.46. The molecule has 2 heterocycles. The van der Waals surface area contributed by atoms with Crippen LogP contribution in [0.1, 0.15) is 17.0 Å². The Morgan fingerprint density at radius 3 is 2.85 bits per heavy atom. The van der Waals surface area contributed by atoms with Crippen molar-refractivity contribution in [2.24, 2.45) is 10.9 Å². The average molecular weight is 309 g/mol. The van der Waals surface area contributed by atoms with Crippen LogP contribution in [0.4, 0.5) is 0 Å².